The number of carboxylic acid groups (broad SMARTS) is 1. The van der Waals surface area contributed by atoms with E-state index in [9.17, 15) is 23.1 Å². The van der Waals surface area contributed by atoms with Crippen LogP contribution in [0.2, 0.25) is 0 Å². The summed E-state index contributed by atoms with van der Waals surface area (Å²) in [6, 6.07) is 3.55. The Morgan fingerprint density at radius 3 is 2.16 bits per heavy atom. The van der Waals surface area contributed by atoms with Gasteiger partial charge in [-0.15, -0.1) is 0 Å². The maximum Gasteiger partial charge on any atom is 0.488 e. The first kappa shape index (κ1) is 28.0. The maximum absolute atomic E-state index is 12.3. The van der Waals surface area contributed by atoms with Crippen LogP contribution < -0.4 is 26.6 Å². The number of carboxylic acids is 1. The zero-order valence-corrected chi connectivity index (χ0v) is 19.0. The molecule has 0 spiro atoms. The van der Waals surface area contributed by atoms with Gasteiger partial charge in [-0.3, -0.25) is 4.79 Å². The van der Waals surface area contributed by atoms with Crippen molar-refractivity contribution in [3.63, 3.8) is 0 Å². The lowest BCUT2D eigenvalue weighted by molar-refractivity contribution is -0.142. The Balaban J connectivity index is 2.48. The summed E-state index contributed by atoms with van der Waals surface area (Å²) in [4.78, 5) is 23.8. The Morgan fingerprint density at radius 1 is 1.03 bits per heavy atom. The molecule has 0 aromatic heterocycles. The third-order valence-corrected chi connectivity index (χ3v) is 6.40. The van der Waals surface area contributed by atoms with E-state index >= 15 is 0 Å². The fourth-order valence-corrected chi connectivity index (χ4v) is 4.09. The van der Waals surface area contributed by atoms with Crippen LogP contribution in [-0.4, -0.2) is 74.8 Å². The summed E-state index contributed by atoms with van der Waals surface area (Å²) in [5, 5.41) is 32.9. The smallest absolute Gasteiger partial charge is 0.480 e. The monoisotopic (exact) mass is 472 g/mol. The molecule has 13 heteroatoms. The van der Waals surface area contributed by atoms with Crippen LogP contribution in [0.4, 0.5) is 0 Å². The van der Waals surface area contributed by atoms with E-state index in [-0.39, 0.29) is 23.3 Å². The van der Waals surface area contributed by atoms with Crippen LogP contribution >= 0.6 is 0 Å². The van der Waals surface area contributed by atoms with Crippen molar-refractivity contribution in [3.8, 4) is 0 Å². The Hall–Kier alpha value is -2.03. The molecule has 1 amide bonds. The molecule has 0 aliphatic rings. The molecule has 1 aromatic rings. The van der Waals surface area contributed by atoms with Gasteiger partial charge in [-0.1, -0.05) is 18.6 Å². The molecule has 11 nitrogen and oxygen atoms in total. The summed E-state index contributed by atoms with van der Waals surface area (Å²) in [6.45, 7) is 0.613. The van der Waals surface area contributed by atoms with Crippen LogP contribution in [0.25, 0.3) is 0 Å². The molecule has 1 rings (SSSR count). The molecule has 180 valence electrons. The van der Waals surface area contributed by atoms with E-state index in [1.54, 1.807) is 7.05 Å². The zero-order valence-electron chi connectivity index (χ0n) is 18.2. The number of carbonyl (C=O) groups is 2. The van der Waals surface area contributed by atoms with Crippen molar-refractivity contribution >= 4 is 34.5 Å². The highest BCUT2D eigenvalue weighted by Gasteiger charge is 2.24. The standard InChI is InChI=1S/C19H33BN4O7S/c1-22-16(6-2-4-12-21)18(25)24-17(19(26)27)7-3-5-13-23-32(30,31)15-10-8-14(9-11-15)20(28)29/h8-11,16-17,22-23,28-29H,2-7,12-13,21H2,1H3,(H,24,25)(H,26,27). The number of nitrogens with two attached hydrogens (primary N) is 1. The highest BCUT2D eigenvalue weighted by molar-refractivity contribution is 7.89. The van der Waals surface area contributed by atoms with E-state index < -0.39 is 41.1 Å². The van der Waals surface area contributed by atoms with Gasteiger partial charge in [0, 0.05) is 6.54 Å². The van der Waals surface area contributed by atoms with Crippen LogP contribution in [0.1, 0.15) is 38.5 Å². The predicted octanol–water partition coefficient (Wildman–Crippen LogP) is -1.90. The largest absolute Gasteiger partial charge is 0.488 e. The van der Waals surface area contributed by atoms with Gasteiger partial charge in [-0.25, -0.2) is 17.9 Å². The number of nitrogens with one attached hydrogen (secondary N) is 3. The number of hydrogen-bond acceptors (Lipinski definition) is 8. The van der Waals surface area contributed by atoms with E-state index in [2.05, 4.69) is 15.4 Å². The topological polar surface area (TPSA) is 191 Å². The van der Waals surface area contributed by atoms with Gasteiger partial charge in [0.1, 0.15) is 6.04 Å². The number of carbonyl (C=O) groups excluding carboxylic acids is 1. The lowest BCUT2D eigenvalue weighted by atomic mass is 9.81. The fraction of sp³-hybridized carbons (Fsp3) is 0.579. The first-order chi connectivity index (χ1) is 15.1. The van der Waals surface area contributed by atoms with E-state index in [1.165, 1.54) is 24.3 Å². The second kappa shape index (κ2) is 14.2. The molecule has 0 aliphatic heterocycles. The molecule has 0 saturated carbocycles. The minimum Gasteiger partial charge on any atom is -0.480 e. The Bertz CT molecular complexity index is 821. The van der Waals surface area contributed by atoms with E-state index in [1.807, 2.05) is 0 Å². The minimum atomic E-state index is -3.78. The number of likely N-dealkylation sites (N-methyl/N-ethyl adjacent to an activating group) is 1. The number of aliphatic carboxylic acids is 1. The van der Waals surface area contributed by atoms with Crippen molar-refractivity contribution in [2.24, 2.45) is 5.73 Å². The van der Waals surface area contributed by atoms with Crippen molar-refractivity contribution in [2.45, 2.75) is 55.5 Å². The molecular weight excluding hydrogens is 439 g/mol. The summed E-state index contributed by atoms with van der Waals surface area (Å²) in [6.07, 6.45) is 2.98. The van der Waals surface area contributed by atoms with Crippen LogP contribution in [0.5, 0.6) is 0 Å². The zero-order chi connectivity index (χ0) is 24.1. The second-order valence-corrected chi connectivity index (χ2v) is 9.13. The SMILES string of the molecule is CNC(CCCCN)C(=O)NC(CCCCNS(=O)(=O)c1ccc(B(O)O)cc1)C(=O)O. The van der Waals surface area contributed by atoms with Gasteiger partial charge in [-0.05, 0) is 63.3 Å². The predicted molar refractivity (Wildman–Crippen MR) is 121 cm³/mol. The van der Waals surface area contributed by atoms with Crippen LogP contribution in [0.3, 0.4) is 0 Å². The third-order valence-electron chi connectivity index (χ3n) is 4.93. The van der Waals surface area contributed by atoms with E-state index in [0.29, 0.717) is 25.8 Å². The normalized spacial score (nSPS) is 13.4. The second-order valence-electron chi connectivity index (χ2n) is 7.36. The Morgan fingerprint density at radius 2 is 1.62 bits per heavy atom. The molecule has 0 bridgehead atoms. The average molecular weight is 472 g/mol. The van der Waals surface area contributed by atoms with Gasteiger partial charge in [0.2, 0.25) is 15.9 Å². The number of rotatable bonds is 16. The summed E-state index contributed by atoms with van der Waals surface area (Å²) in [7, 11) is -3.83. The molecule has 0 radical (unpaired) electrons. The molecule has 2 unspecified atom stereocenters. The van der Waals surface area contributed by atoms with Crippen LogP contribution in [0.15, 0.2) is 29.2 Å². The third kappa shape index (κ3) is 9.63. The Labute approximate surface area is 189 Å². The summed E-state index contributed by atoms with van der Waals surface area (Å²) >= 11 is 0. The van der Waals surface area contributed by atoms with Crippen molar-refractivity contribution < 1.29 is 33.2 Å². The van der Waals surface area contributed by atoms with Gasteiger partial charge >= 0.3 is 13.1 Å². The number of sulfonamides is 1. The van der Waals surface area contributed by atoms with Gasteiger partial charge in [-0.2, -0.15) is 0 Å². The van der Waals surface area contributed by atoms with Crippen molar-refractivity contribution in [1.82, 2.24) is 15.4 Å². The van der Waals surface area contributed by atoms with Crippen LogP contribution in [-0.2, 0) is 19.6 Å². The number of benzene rings is 1. The fourth-order valence-electron chi connectivity index (χ4n) is 3.01. The minimum absolute atomic E-state index is 0.0229. The van der Waals surface area contributed by atoms with Gasteiger partial charge < -0.3 is 31.5 Å². The quantitative estimate of drug-likeness (QED) is 0.106. The highest BCUT2D eigenvalue weighted by Crippen LogP contribution is 2.08. The summed E-state index contributed by atoms with van der Waals surface area (Å²) in [5.74, 6) is -1.55. The molecule has 2 atom stereocenters. The summed E-state index contributed by atoms with van der Waals surface area (Å²) in [5.41, 5.74) is 5.62. The maximum atomic E-state index is 12.3. The van der Waals surface area contributed by atoms with Gasteiger partial charge in [0.05, 0.1) is 10.9 Å². The molecule has 8 N–H and O–H groups in total. The number of unbranched alkanes of at least 4 members (excludes halogenated alkanes) is 2. The highest BCUT2D eigenvalue weighted by atomic mass is 32.2. The van der Waals surface area contributed by atoms with E-state index in [4.69, 9.17) is 15.8 Å². The van der Waals surface area contributed by atoms with Gasteiger partial charge in [0.25, 0.3) is 0 Å². The Kier molecular flexibility index (Phi) is 12.4. The van der Waals surface area contributed by atoms with Crippen LogP contribution in [0, 0.1) is 0 Å². The molecular formula is C19H33BN4O7S. The lowest BCUT2D eigenvalue weighted by Crippen LogP contribution is -2.49. The molecule has 32 heavy (non-hydrogen) atoms. The van der Waals surface area contributed by atoms with Crippen molar-refractivity contribution in [1.29, 1.82) is 0 Å². The van der Waals surface area contributed by atoms with Crippen molar-refractivity contribution in [2.75, 3.05) is 20.1 Å². The molecule has 0 aliphatic carbocycles. The molecule has 0 fully saturated rings. The first-order valence-electron chi connectivity index (χ1n) is 10.5. The molecule has 0 heterocycles. The average Bonchev–Trinajstić information content (AvgIpc) is 2.75. The number of amides is 1. The molecule has 0 saturated heterocycles. The number of hydrogen-bond donors (Lipinski definition) is 7. The lowest BCUT2D eigenvalue weighted by Gasteiger charge is -2.20. The van der Waals surface area contributed by atoms with E-state index in [0.717, 1.165) is 12.8 Å². The molecule has 1 aromatic carbocycles. The summed E-state index contributed by atoms with van der Waals surface area (Å²) < 4.78 is 27.0. The first-order valence-corrected chi connectivity index (χ1v) is 12.0. The van der Waals surface area contributed by atoms with Crippen molar-refractivity contribution in [3.05, 3.63) is 24.3 Å². The van der Waals surface area contributed by atoms with Gasteiger partial charge in [0.15, 0.2) is 0 Å².